The number of nitrogens with zero attached hydrogens (tertiary/aromatic N) is 6. The van der Waals surface area contributed by atoms with E-state index < -0.39 is 81.0 Å². The van der Waals surface area contributed by atoms with Crippen molar-refractivity contribution in [3.05, 3.63) is 113 Å². The van der Waals surface area contributed by atoms with Crippen molar-refractivity contribution in [1.29, 1.82) is 0 Å². The second-order valence-corrected chi connectivity index (χ2v) is 16.8. The first-order valence-corrected chi connectivity index (χ1v) is 20.5. The van der Waals surface area contributed by atoms with Crippen LogP contribution in [0, 0.1) is 17.6 Å². The zero-order valence-electron chi connectivity index (χ0n) is 31.5. The van der Waals surface area contributed by atoms with E-state index in [1.807, 2.05) is 6.07 Å². The van der Waals surface area contributed by atoms with Gasteiger partial charge in [-0.15, -0.1) is 0 Å². The number of carbonyl (C=O) groups is 1. The number of nitrogens with one attached hydrogen (secondary N) is 3. The third-order valence-electron chi connectivity index (χ3n) is 11.0. The lowest BCUT2D eigenvalue weighted by Gasteiger charge is -2.34. The van der Waals surface area contributed by atoms with Crippen LogP contribution in [0.15, 0.2) is 72.8 Å². The maximum Gasteiger partial charge on any atom is 0.435 e. The van der Waals surface area contributed by atoms with Crippen LogP contribution in [0.25, 0.3) is 44.6 Å². The van der Waals surface area contributed by atoms with Gasteiger partial charge in [-0.05, 0) is 55.0 Å². The number of sulfonamides is 1. The van der Waals surface area contributed by atoms with Gasteiger partial charge in [0.05, 0.1) is 29.0 Å². The van der Waals surface area contributed by atoms with Gasteiger partial charge in [-0.2, -0.15) is 32.1 Å². The number of aromatic nitrogens is 7. The number of hydrogen-bond acceptors (Lipinski definition) is 7. The van der Waals surface area contributed by atoms with Crippen molar-refractivity contribution in [2.24, 2.45) is 13.0 Å². The number of rotatable bonds is 10. The van der Waals surface area contributed by atoms with Crippen LogP contribution in [0.2, 0.25) is 0 Å². The molecule has 3 atom stereocenters. The number of benzene rings is 3. The third kappa shape index (κ3) is 6.81. The van der Waals surface area contributed by atoms with E-state index in [1.165, 1.54) is 4.68 Å². The zero-order valence-corrected chi connectivity index (χ0v) is 32.3. The van der Waals surface area contributed by atoms with Gasteiger partial charge in [0.1, 0.15) is 29.7 Å². The van der Waals surface area contributed by atoms with Crippen LogP contribution in [0.5, 0.6) is 0 Å². The molecule has 310 valence electrons. The van der Waals surface area contributed by atoms with Gasteiger partial charge in [0.2, 0.25) is 15.9 Å². The molecule has 1 amide bonds. The highest BCUT2D eigenvalue weighted by atomic mass is 32.2. The Balaban J connectivity index is 1.21. The molecule has 0 aliphatic heterocycles. The maximum absolute atomic E-state index is 15.7. The first-order valence-electron chi connectivity index (χ1n) is 18.6. The zero-order chi connectivity index (χ0) is 42.5. The Morgan fingerprint density at radius 2 is 1.70 bits per heavy atom. The quantitative estimate of drug-likeness (QED) is 0.119. The van der Waals surface area contributed by atoms with Crippen molar-refractivity contribution in [2.45, 2.75) is 49.9 Å². The average Bonchev–Trinajstić information content (AvgIpc) is 3.85. The number of para-hydroxylation sites is 1. The molecule has 1 saturated carbocycles. The molecule has 0 spiro atoms. The molecule has 20 heteroatoms. The molecule has 2 aliphatic rings. The first-order chi connectivity index (χ1) is 28.4. The molecular weight excluding hydrogens is 820 g/mol. The lowest BCUT2D eigenvalue weighted by Crippen LogP contribution is -2.36. The molecular formula is C40H32F7N9O3S. The maximum atomic E-state index is 15.7. The summed E-state index contributed by atoms with van der Waals surface area (Å²) < 4.78 is 132. The topological polar surface area (TPSA) is 152 Å². The number of anilines is 1. The van der Waals surface area contributed by atoms with Gasteiger partial charge >= 0.3 is 6.18 Å². The van der Waals surface area contributed by atoms with Crippen LogP contribution in [-0.4, -0.2) is 55.1 Å². The number of halogens is 7. The summed E-state index contributed by atoms with van der Waals surface area (Å²) in [5, 5.41) is 11.0. The number of amides is 1. The number of pyridine rings is 1. The van der Waals surface area contributed by atoms with Gasteiger partial charge in [0, 0.05) is 46.7 Å². The SMILES string of the molecule is Cn1nc(NS(C)(=O)=O)c2cccc(-c3cc4[nH]c(-c5ccccc5)nc4nc3[C@H](Cc3cc(F)cc(F)c3)NC(=O)Cn3nc(C(F)(F)F)c4c3C(F)(F)[C@@H]3CC[C@H]43)c21. The molecule has 3 aromatic carbocycles. The number of alkyl halides is 5. The molecule has 9 rings (SSSR count). The van der Waals surface area contributed by atoms with E-state index in [0.29, 0.717) is 49.7 Å². The van der Waals surface area contributed by atoms with E-state index in [-0.39, 0.29) is 42.0 Å². The summed E-state index contributed by atoms with van der Waals surface area (Å²) >= 11 is 0. The Kier molecular flexibility index (Phi) is 9.06. The van der Waals surface area contributed by atoms with Gasteiger partial charge < -0.3 is 10.3 Å². The smallest absolute Gasteiger partial charge is 0.346 e. The Bertz CT molecular complexity index is 2960. The summed E-state index contributed by atoms with van der Waals surface area (Å²) in [6, 6.07) is 17.0. The van der Waals surface area contributed by atoms with E-state index in [4.69, 9.17) is 4.98 Å². The van der Waals surface area contributed by atoms with Crippen molar-refractivity contribution >= 4 is 43.8 Å². The second-order valence-electron chi connectivity index (χ2n) is 15.1. The highest BCUT2D eigenvalue weighted by Gasteiger charge is 2.63. The van der Waals surface area contributed by atoms with Crippen LogP contribution in [0.4, 0.5) is 36.6 Å². The summed E-state index contributed by atoms with van der Waals surface area (Å²) in [6.45, 7) is -1.06. The largest absolute Gasteiger partial charge is 0.435 e. The molecule has 4 heterocycles. The van der Waals surface area contributed by atoms with Crippen molar-refractivity contribution in [3.63, 3.8) is 0 Å². The predicted octanol–water partition coefficient (Wildman–Crippen LogP) is 7.74. The molecule has 1 fully saturated rings. The van der Waals surface area contributed by atoms with E-state index in [9.17, 15) is 35.2 Å². The molecule has 2 aliphatic carbocycles. The fourth-order valence-corrected chi connectivity index (χ4v) is 8.99. The summed E-state index contributed by atoms with van der Waals surface area (Å²) in [5.41, 5.74) is -0.596. The summed E-state index contributed by atoms with van der Waals surface area (Å²) in [5.74, 6) is -8.60. The molecule has 60 heavy (non-hydrogen) atoms. The van der Waals surface area contributed by atoms with E-state index in [1.54, 1.807) is 55.6 Å². The highest BCUT2D eigenvalue weighted by Crippen LogP contribution is 2.64. The Morgan fingerprint density at radius 3 is 2.37 bits per heavy atom. The monoisotopic (exact) mass is 851 g/mol. The van der Waals surface area contributed by atoms with E-state index >= 15 is 8.78 Å². The molecule has 0 saturated heterocycles. The predicted molar refractivity (Wildman–Crippen MR) is 205 cm³/mol. The Labute approximate surface area is 335 Å². The van der Waals surface area contributed by atoms with Crippen molar-refractivity contribution in [2.75, 3.05) is 11.0 Å². The standard InChI is InChI=1S/C40H32F7N9O3S/c1-55-33-23(9-6-10-25(33)37(53-55)54-60(2,58)59)26-17-29-38(51-36(49-29)20-7-4-3-5-8-20)50-32(26)28(15-19-13-21(41)16-22(42)14-19)48-30(57)18-56-35-31(34(52-56)40(45,46)47)24-11-12-27(24)39(35,43)44/h3-10,13-14,16-17,24,27-28H,11-12,15,18H2,1-2H3,(H,48,57)(H,53,54)(H,49,50,51)/t24-,27+,28-/m0/s1. The first kappa shape index (κ1) is 39.2. The van der Waals surface area contributed by atoms with Crippen LogP contribution in [0.1, 0.15) is 53.0 Å². The molecule has 4 aromatic heterocycles. The van der Waals surface area contributed by atoms with Crippen molar-refractivity contribution in [3.8, 4) is 22.5 Å². The fourth-order valence-electron chi connectivity index (χ4n) is 8.49. The molecule has 3 N–H and O–H groups in total. The molecule has 12 nitrogen and oxygen atoms in total. The summed E-state index contributed by atoms with van der Waals surface area (Å²) in [6.07, 6.45) is -4.34. The van der Waals surface area contributed by atoms with Crippen LogP contribution >= 0.6 is 0 Å². The van der Waals surface area contributed by atoms with Crippen LogP contribution < -0.4 is 10.0 Å². The number of H-pyrrole nitrogens is 1. The highest BCUT2D eigenvalue weighted by molar-refractivity contribution is 7.92. The normalized spacial score (nSPS) is 17.7. The number of aryl methyl sites for hydroxylation is 1. The minimum Gasteiger partial charge on any atom is -0.346 e. The van der Waals surface area contributed by atoms with Gasteiger partial charge in [-0.3, -0.25) is 18.9 Å². The van der Waals surface area contributed by atoms with Crippen molar-refractivity contribution < 1.29 is 43.9 Å². The Hall–Kier alpha value is -6.31. The van der Waals surface area contributed by atoms with Crippen molar-refractivity contribution in [1.82, 2.24) is 39.8 Å². The molecule has 0 unspecified atom stereocenters. The van der Waals surface area contributed by atoms with Crippen LogP contribution in [-0.2, 0) is 46.9 Å². The van der Waals surface area contributed by atoms with Gasteiger partial charge in [-0.25, -0.2) is 27.2 Å². The number of hydrogen-bond donors (Lipinski definition) is 3. The lowest BCUT2D eigenvalue weighted by molar-refractivity contribution is -0.144. The minimum atomic E-state index is -5.07. The van der Waals surface area contributed by atoms with Gasteiger partial charge in [0.15, 0.2) is 17.2 Å². The third-order valence-corrected chi connectivity index (χ3v) is 11.6. The van der Waals surface area contributed by atoms with E-state index in [0.717, 1.165) is 18.4 Å². The van der Waals surface area contributed by atoms with Gasteiger partial charge in [-0.1, -0.05) is 42.5 Å². The van der Waals surface area contributed by atoms with Gasteiger partial charge in [0.25, 0.3) is 5.92 Å². The number of aromatic amines is 1. The summed E-state index contributed by atoms with van der Waals surface area (Å²) in [4.78, 5) is 26.9. The lowest BCUT2D eigenvalue weighted by atomic mass is 9.73. The number of fused-ring (bicyclic) bond motifs is 5. The number of imidazole rings is 1. The minimum absolute atomic E-state index is 0.00738. The summed E-state index contributed by atoms with van der Waals surface area (Å²) in [7, 11) is -2.21. The Morgan fingerprint density at radius 1 is 0.967 bits per heavy atom. The molecule has 7 aromatic rings. The fraction of sp³-hybridized carbons (Fsp3) is 0.275. The number of carbonyl (C=O) groups excluding carboxylic acids is 1. The second kappa shape index (κ2) is 13.9. The molecule has 0 bridgehead atoms. The van der Waals surface area contributed by atoms with E-state index in [2.05, 4.69) is 30.2 Å². The molecule has 0 radical (unpaired) electrons. The average molecular weight is 852 g/mol. The van der Waals surface area contributed by atoms with Crippen LogP contribution in [0.3, 0.4) is 0 Å².